The number of carbonyl (C=O) groups excluding carboxylic acids is 1. The van der Waals surface area contributed by atoms with Gasteiger partial charge >= 0.3 is 0 Å². The molecule has 4 aromatic rings. The number of aromatic nitrogens is 7. The molecule has 160 valence electrons. The largest absolute Gasteiger partial charge is 0.341 e. The Bertz CT molecular complexity index is 1240. The number of amides is 1. The van der Waals surface area contributed by atoms with Crippen molar-refractivity contribution in [3.05, 3.63) is 47.9 Å². The summed E-state index contributed by atoms with van der Waals surface area (Å²) in [5, 5.41) is 21.8. The molecule has 1 aliphatic heterocycles. The Morgan fingerprint density at radius 2 is 1.81 bits per heavy atom. The van der Waals surface area contributed by atoms with Crippen LogP contribution in [0, 0.1) is 0 Å². The SMILES string of the molecule is CC(C)(C)c1ccc2nnc(C3CCN(C(=O)Cn4nnc5ccccc54)CC3)n2n1. The maximum atomic E-state index is 12.9. The number of rotatable bonds is 3. The van der Waals surface area contributed by atoms with Crippen molar-refractivity contribution >= 4 is 22.6 Å². The van der Waals surface area contributed by atoms with Gasteiger partial charge in [-0.25, -0.2) is 4.68 Å². The number of hydrogen-bond donors (Lipinski definition) is 0. The summed E-state index contributed by atoms with van der Waals surface area (Å²) < 4.78 is 3.55. The van der Waals surface area contributed by atoms with E-state index >= 15 is 0 Å². The number of para-hydroxylation sites is 1. The minimum atomic E-state index is -0.0446. The third-order valence-corrected chi connectivity index (χ3v) is 5.97. The summed E-state index contributed by atoms with van der Waals surface area (Å²) in [6.07, 6.45) is 1.68. The van der Waals surface area contributed by atoms with Crippen LogP contribution < -0.4 is 0 Å². The van der Waals surface area contributed by atoms with E-state index in [4.69, 9.17) is 5.10 Å². The number of benzene rings is 1. The fourth-order valence-corrected chi connectivity index (χ4v) is 4.11. The molecule has 1 fully saturated rings. The zero-order valence-electron chi connectivity index (χ0n) is 18.1. The summed E-state index contributed by atoms with van der Waals surface area (Å²) in [7, 11) is 0. The van der Waals surface area contributed by atoms with Gasteiger partial charge in [0.15, 0.2) is 11.5 Å². The first-order chi connectivity index (χ1) is 14.9. The van der Waals surface area contributed by atoms with Crippen LogP contribution in [0.5, 0.6) is 0 Å². The number of nitrogens with zero attached hydrogens (tertiary/aromatic N) is 8. The molecule has 1 aliphatic rings. The van der Waals surface area contributed by atoms with Gasteiger partial charge in [0, 0.05) is 24.4 Å². The smallest absolute Gasteiger partial charge is 0.244 e. The predicted octanol–water partition coefficient (Wildman–Crippen LogP) is 2.57. The Morgan fingerprint density at radius 3 is 2.58 bits per heavy atom. The van der Waals surface area contributed by atoms with Crippen molar-refractivity contribution in [2.75, 3.05) is 13.1 Å². The van der Waals surface area contributed by atoms with E-state index in [0.29, 0.717) is 13.1 Å². The van der Waals surface area contributed by atoms with Crippen LogP contribution in [0.2, 0.25) is 0 Å². The van der Waals surface area contributed by atoms with Crippen molar-refractivity contribution in [1.82, 2.24) is 39.7 Å². The molecule has 0 saturated carbocycles. The quantitative estimate of drug-likeness (QED) is 0.508. The molecule has 0 N–H and O–H groups in total. The summed E-state index contributed by atoms with van der Waals surface area (Å²) >= 11 is 0. The number of hydrogen-bond acceptors (Lipinski definition) is 6. The van der Waals surface area contributed by atoms with E-state index in [1.165, 1.54) is 0 Å². The molecular weight excluding hydrogens is 392 g/mol. The molecule has 0 aliphatic carbocycles. The summed E-state index contributed by atoms with van der Waals surface area (Å²) in [5.41, 5.74) is 3.40. The van der Waals surface area contributed by atoms with Crippen LogP contribution >= 0.6 is 0 Å². The average molecular weight is 419 g/mol. The van der Waals surface area contributed by atoms with Gasteiger partial charge in [0.2, 0.25) is 5.91 Å². The molecule has 1 amide bonds. The van der Waals surface area contributed by atoms with Crippen LogP contribution in [0.4, 0.5) is 0 Å². The van der Waals surface area contributed by atoms with Gasteiger partial charge in [-0.1, -0.05) is 38.1 Å². The van der Waals surface area contributed by atoms with Gasteiger partial charge in [-0.3, -0.25) is 4.79 Å². The molecule has 0 bridgehead atoms. The maximum absolute atomic E-state index is 12.9. The minimum absolute atomic E-state index is 0.0446. The molecule has 31 heavy (non-hydrogen) atoms. The van der Waals surface area contributed by atoms with E-state index in [1.54, 1.807) is 4.68 Å². The van der Waals surface area contributed by atoms with Crippen LogP contribution in [0.3, 0.4) is 0 Å². The van der Waals surface area contributed by atoms with Crippen LogP contribution in [-0.4, -0.2) is 58.7 Å². The monoisotopic (exact) mass is 418 g/mol. The molecule has 0 unspecified atom stereocenters. The first kappa shape index (κ1) is 19.6. The third-order valence-electron chi connectivity index (χ3n) is 5.97. The Balaban J connectivity index is 1.28. The van der Waals surface area contributed by atoms with Crippen molar-refractivity contribution in [2.24, 2.45) is 0 Å². The van der Waals surface area contributed by atoms with E-state index in [-0.39, 0.29) is 23.8 Å². The van der Waals surface area contributed by atoms with Gasteiger partial charge in [0.05, 0.1) is 11.2 Å². The lowest BCUT2D eigenvalue weighted by atomic mass is 9.92. The van der Waals surface area contributed by atoms with E-state index in [9.17, 15) is 4.79 Å². The highest BCUT2D eigenvalue weighted by atomic mass is 16.2. The van der Waals surface area contributed by atoms with Crippen molar-refractivity contribution in [3.8, 4) is 0 Å². The lowest BCUT2D eigenvalue weighted by Crippen LogP contribution is -2.40. The third kappa shape index (κ3) is 3.64. The lowest BCUT2D eigenvalue weighted by molar-refractivity contribution is -0.133. The Labute approximate surface area is 180 Å². The number of fused-ring (bicyclic) bond motifs is 2. The summed E-state index contributed by atoms with van der Waals surface area (Å²) in [6.45, 7) is 8.01. The summed E-state index contributed by atoms with van der Waals surface area (Å²) in [5.74, 6) is 1.18. The van der Waals surface area contributed by atoms with Crippen molar-refractivity contribution < 1.29 is 4.79 Å². The molecule has 1 saturated heterocycles. The standard InChI is InChI=1S/C22H26N8O/c1-22(2,3)18-8-9-19-24-25-21(30(19)26-18)15-10-12-28(13-11-15)20(31)14-29-17-7-5-4-6-16(17)23-27-29/h4-9,15H,10-14H2,1-3H3. The molecule has 0 spiro atoms. The fourth-order valence-electron chi connectivity index (χ4n) is 4.11. The molecule has 3 aromatic heterocycles. The fraction of sp³-hybridized carbons (Fsp3) is 0.455. The zero-order chi connectivity index (χ0) is 21.6. The number of piperidine rings is 1. The van der Waals surface area contributed by atoms with E-state index in [1.807, 2.05) is 45.8 Å². The van der Waals surface area contributed by atoms with Gasteiger partial charge in [0.1, 0.15) is 12.1 Å². The lowest BCUT2D eigenvalue weighted by Gasteiger charge is -2.31. The van der Waals surface area contributed by atoms with Crippen molar-refractivity contribution in [1.29, 1.82) is 0 Å². The number of carbonyl (C=O) groups is 1. The highest BCUT2D eigenvalue weighted by Crippen LogP contribution is 2.28. The van der Waals surface area contributed by atoms with Gasteiger partial charge < -0.3 is 4.90 Å². The Hall–Kier alpha value is -3.36. The Kier molecular flexibility index (Phi) is 4.68. The van der Waals surface area contributed by atoms with Crippen LogP contribution in [0.25, 0.3) is 16.7 Å². The second-order valence-electron chi connectivity index (χ2n) is 9.19. The molecular formula is C22H26N8O. The second-order valence-corrected chi connectivity index (χ2v) is 9.19. The topological polar surface area (TPSA) is 94.1 Å². The molecule has 1 aromatic carbocycles. The molecule has 9 nitrogen and oxygen atoms in total. The van der Waals surface area contributed by atoms with E-state index < -0.39 is 0 Å². The molecule has 5 rings (SSSR count). The van der Waals surface area contributed by atoms with Gasteiger partial charge in [-0.05, 0) is 37.1 Å². The van der Waals surface area contributed by atoms with Crippen LogP contribution in [0.15, 0.2) is 36.4 Å². The minimum Gasteiger partial charge on any atom is -0.341 e. The summed E-state index contributed by atoms with van der Waals surface area (Å²) in [6, 6.07) is 11.7. The van der Waals surface area contributed by atoms with E-state index in [0.717, 1.165) is 41.0 Å². The molecule has 0 radical (unpaired) electrons. The van der Waals surface area contributed by atoms with Gasteiger partial charge in [-0.15, -0.1) is 15.3 Å². The normalized spacial score (nSPS) is 15.8. The van der Waals surface area contributed by atoms with Crippen LogP contribution in [-0.2, 0) is 16.8 Å². The summed E-state index contributed by atoms with van der Waals surface area (Å²) in [4.78, 5) is 14.8. The Morgan fingerprint density at radius 1 is 1.03 bits per heavy atom. The highest BCUT2D eigenvalue weighted by Gasteiger charge is 2.28. The first-order valence-electron chi connectivity index (χ1n) is 10.7. The predicted molar refractivity (Wildman–Crippen MR) is 116 cm³/mol. The van der Waals surface area contributed by atoms with Crippen molar-refractivity contribution in [2.45, 2.75) is 51.5 Å². The molecule has 4 heterocycles. The second kappa shape index (κ2) is 7.40. The number of likely N-dealkylation sites (tertiary alicyclic amines) is 1. The molecule has 9 heteroatoms. The van der Waals surface area contributed by atoms with E-state index in [2.05, 4.69) is 41.3 Å². The van der Waals surface area contributed by atoms with Gasteiger partial charge in [0.25, 0.3) is 0 Å². The van der Waals surface area contributed by atoms with Crippen molar-refractivity contribution in [3.63, 3.8) is 0 Å². The van der Waals surface area contributed by atoms with Gasteiger partial charge in [-0.2, -0.15) is 9.61 Å². The zero-order valence-corrected chi connectivity index (χ0v) is 18.1. The highest BCUT2D eigenvalue weighted by molar-refractivity contribution is 5.79. The van der Waals surface area contributed by atoms with Crippen LogP contribution in [0.1, 0.15) is 51.0 Å². The first-order valence-corrected chi connectivity index (χ1v) is 10.7. The average Bonchev–Trinajstić information content (AvgIpc) is 3.37. The molecule has 0 atom stereocenters. The maximum Gasteiger partial charge on any atom is 0.244 e.